The van der Waals surface area contributed by atoms with E-state index in [0.717, 1.165) is 0 Å². The number of aryl methyl sites for hydroxylation is 2. The van der Waals surface area contributed by atoms with Gasteiger partial charge in [-0.1, -0.05) is 13.0 Å². The van der Waals surface area contributed by atoms with Gasteiger partial charge in [0.15, 0.2) is 0 Å². The maximum Gasteiger partial charge on any atom is 0.275 e. The Kier molecular flexibility index (Phi) is 4.42. The van der Waals surface area contributed by atoms with Crippen molar-refractivity contribution in [3.8, 4) is 5.95 Å². The van der Waals surface area contributed by atoms with Crippen molar-refractivity contribution in [2.45, 2.75) is 27.2 Å². The maximum absolute atomic E-state index is 12.3. The van der Waals surface area contributed by atoms with Gasteiger partial charge < -0.3 is 5.32 Å². The SMILES string of the molecule is CCc1c(C)nc(-n2nc(C)cc2NC(=O)c2ccccn2)[nH]c1=O. The van der Waals surface area contributed by atoms with Gasteiger partial charge in [-0.2, -0.15) is 9.78 Å². The van der Waals surface area contributed by atoms with Gasteiger partial charge in [-0.15, -0.1) is 0 Å². The Labute approximate surface area is 144 Å². The van der Waals surface area contributed by atoms with Crippen LogP contribution in [0.1, 0.15) is 34.4 Å². The molecule has 3 heterocycles. The molecule has 0 saturated carbocycles. The molecule has 8 heteroatoms. The number of hydrogen-bond acceptors (Lipinski definition) is 5. The number of hydrogen-bond donors (Lipinski definition) is 2. The second-order valence-electron chi connectivity index (χ2n) is 5.56. The van der Waals surface area contributed by atoms with Gasteiger partial charge in [0.2, 0.25) is 5.95 Å². The normalized spacial score (nSPS) is 10.7. The van der Waals surface area contributed by atoms with Crippen molar-refractivity contribution in [3.63, 3.8) is 0 Å². The number of nitrogens with one attached hydrogen (secondary N) is 2. The molecule has 3 aromatic rings. The Morgan fingerprint density at radius 1 is 1.32 bits per heavy atom. The summed E-state index contributed by atoms with van der Waals surface area (Å²) in [4.78, 5) is 35.7. The molecule has 0 aromatic carbocycles. The van der Waals surface area contributed by atoms with Gasteiger partial charge in [0.25, 0.3) is 11.5 Å². The third-order valence-corrected chi connectivity index (χ3v) is 3.73. The summed E-state index contributed by atoms with van der Waals surface area (Å²) < 4.78 is 1.41. The smallest absolute Gasteiger partial charge is 0.275 e. The van der Waals surface area contributed by atoms with Gasteiger partial charge in [-0.3, -0.25) is 19.6 Å². The molecule has 128 valence electrons. The predicted octanol–water partition coefficient (Wildman–Crippen LogP) is 1.78. The lowest BCUT2D eigenvalue weighted by atomic mass is 10.2. The number of amides is 1. The Hall–Kier alpha value is -3.29. The first kappa shape index (κ1) is 16.6. The molecule has 0 radical (unpaired) electrons. The topological polar surface area (TPSA) is 106 Å². The third kappa shape index (κ3) is 3.32. The first-order chi connectivity index (χ1) is 12.0. The van der Waals surface area contributed by atoms with Gasteiger partial charge in [-0.05, 0) is 32.4 Å². The van der Waals surface area contributed by atoms with E-state index in [4.69, 9.17) is 0 Å². The zero-order valence-electron chi connectivity index (χ0n) is 14.2. The third-order valence-electron chi connectivity index (χ3n) is 3.73. The van der Waals surface area contributed by atoms with E-state index in [1.54, 1.807) is 44.3 Å². The predicted molar refractivity (Wildman–Crippen MR) is 93.0 cm³/mol. The second kappa shape index (κ2) is 6.68. The molecule has 3 aromatic heterocycles. The largest absolute Gasteiger partial charge is 0.305 e. The van der Waals surface area contributed by atoms with Crippen LogP contribution in [0.4, 0.5) is 5.82 Å². The lowest BCUT2D eigenvalue weighted by Crippen LogP contribution is -2.22. The van der Waals surface area contributed by atoms with Crippen LogP contribution in [-0.2, 0) is 6.42 Å². The molecule has 1 amide bonds. The number of aromatic nitrogens is 5. The highest BCUT2D eigenvalue weighted by Gasteiger charge is 2.16. The number of anilines is 1. The Morgan fingerprint density at radius 3 is 2.76 bits per heavy atom. The number of aromatic amines is 1. The van der Waals surface area contributed by atoms with Crippen LogP contribution >= 0.6 is 0 Å². The summed E-state index contributed by atoms with van der Waals surface area (Å²) in [5.74, 6) is 0.287. The van der Waals surface area contributed by atoms with Crippen LogP contribution in [0.3, 0.4) is 0 Å². The summed E-state index contributed by atoms with van der Waals surface area (Å²) in [6, 6.07) is 6.78. The minimum absolute atomic E-state index is 0.208. The van der Waals surface area contributed by atoms with E-state index in [2.05, 4.69) is 25.4 Å². The van der Waals surface area contributed by atoms with Gasteiger partial charge in [0.1, 0.15) is 11.5 Å². The first-order valence-corrected chi connectivity index (χ1v) is 7.88. The van der Waals surface area contributed by atoms with Gasteiger partial charge in [0, 0.05) is 23.5 Å². The molecule has 0 spiro atoms. The number of rotatable bonds is 4. The van der Waals surface area contributed by atoms with Crippen LogP contribution in [0, 0.1) is 13.8 Å². The molecule has 0 bridgehead atoms. The number of pyridine rings is 1. The average Bonchev–Trinajstić information content (AvgIpc) is 2.95. The van der Waals surface area contributed by atoms with Crippen molar-refractivity contribution in [1.82, 2.24) is 24.7 Å². The molecule has 0 unspecified atom stereocenters. The Balaban J connectivity index is 2.00. The molecule has 0 saturated heterocycles. The molecular formula is C17H18N6O2. The highest BCUT2D eigenvalue weighted by atomic mass is 16.2. The van der Waals surface area contributed by atoms with Crippen LogP contribution in [0.5, 0.6) is 0 Å². The number of H-pyrrole nitrogens is 1. The fourth-order valence-corrected chi connectivity index (χ4v) is 2.54. The lowest BCUT2D eigenvalue weighted by molar-refractivity contribution is 0.102. The molecule has 0 atom stereocenters. The highest BCUT2D eigenvalue weighted by molar-refractivity contribution is 6.02. The van der Waals surface area contributed by atoms with Crippen LogP contribution < -0.4 is 10.9 Å². The maximum atomic E-state index is 12.3. The summed E-state index contributed by atoms with van der Waals surface area (Å²) in [6.07, 6.45) is 2.14. The molecule has 2 N–H and O–H groups in total. The number of carbonyl (C=O) groups is 1. The van der Waals surface area contributed by atoms with Crippen molar-refractivity contribution < 1.29 is 4.79 Å². The summed E-state index contributed by atoms with van der Waals surface area (Å²) in [5, 5.41) is 7.06. The van der Waals surface area contributed by atoms with Crippen molar-refractivity contribution in [3.05, 3.63) is 63.5 Å². The lowest BCUT2D eigenvalue weighted by Gasteiger charge is -2.09. The second-order valence-corrected chi connectivity index (χ2v) is 5.56. The molecule has 8 nitrogen and oxygen atoms in total. The quantitative estimate of drug-likeness (QED) is 0.754. The van der Waals surface area contributed by atoms with Crippen molar-refractivity contribution in [2.24, 2.45) is 0 Å². The average molecular weight is 338 g/mol. The summed E-state index contributed by atoms with van der Waals surface area (Å²) in [7, 11) is 0. The van der Waals surface area contributed by atoms with Crippen molar-refractivity contribution in [2.75, 3.05) is 5.32 Å². The van der Waals surface area contributed by atoms with E-state index >= 15 is 0 Å². The number of carbonyl (C=O) groups excluding carboxylic acids is 1. The first-order valence-electron chi connectivity index (χ1n) is 7.88. The fourth-order valence-electron chi connectivity index (χ4n) is 2.54. The molecular weight excluding hydrogens is 320 g/mol. The summed E-state index contributed by atoms with van der Waals surface area (Å²) in [5.41, 5.74) is 2.02. The minimum Gasteiger partial charge on any atom is -0.305 e. The highest BCUT2D eigenvalue weighted by Crippen LogP contribution is 2.15. The minimum atomic E-state index is -0.369. The standard InChI is InChI=1S/C17H18N6O2/c1-4-12-11(3)19-17(21-15(12)24)23-14(9-10(2)22-23)20-16(25)13-7-5-6-8-18-13/h5-9H,4H2,1-3H3,(H,20,25)(H,19,21,24). The van der Waals surface area contributed by atoms with Crippen LogP contribution in [0.15, 0.2) is 35.3 Å². The molecule has 0 aliphatic rings. The molecule has 0 aliphatic carbocycles. The van der Waals surface area contributed by atoms with Crippen LogP contribution in [0.25, 0.3) is 5.95 Å². The van der Waals surface area contributed by atoms with E-state index < -0.39 is 0 Å². The zero-order chi connectivity index (χ0) is 18.0. The van der Waals surface area contributed by atoms with E-state index in [0.29, 0.717) is 29.2 Å². The van der Waals surface area contributed by atoms with Gasteiger partial charge in [-0.25, -0.2) is 4.98 Å². The van der Waals surface area contributed by atoms with Gasteiger partial charge in [0.05, 0.1) is 5.69 Å². The monoisotopic (exact) mass is 338 g/mol. The van der Waals surface area contributed by atoms with E-state index in [9.17, 15) is 9.59 Å². The Morgan fingerprint density at radius 2 is 2.12 bits per heavy atom. The Bertz CT molecular complexity index is 975. The molecule has 0 fully saturated rings. The van der Waals surface area contributed by atoms with E-state index in [-0.39, 0.29) is 23.1 Å². The van der Waals surface area contributed by atoms with E-state index in [1.807, 2.05) is 6.92 Å². The van der Waals surface area contributed by atoms with Crippen LogP contribution in [-0.4, -0.2) is 30.6 Å². The van der Waals surface area contributed by atoms with Crippen molar-refractivity contribution in [1.29, 1.82) is 0 Å². The van der Waals surface area contributed by atoms with E-state index in [1.165, 1.54) is 4.68 Å². The fraction of sp³-hybridized carbons (Fsp3) is 0.235. The molecule has 25 heavy (non-hydrogen) atoms. The summed E-state index contributed by atoms with van der Waals surface area (Å²) >= 11 is 0. The molecule has 3 rings (SSSR count). The van der Waals surface area contributed by atoms with Gasteiger partial charge >= 0.3 is 0 Å². The summed E-state index contributed by atoms with van der Waals surface area (Å²) in [6.45, 7) is 5.47. The van der Waals surface area contributed by atoms with Crippen LogP contribution in [0.2, 0.25) is 0 Å². The van der Waals surface area contributed by atoms with Crippen molar-refractivity contribution >= 4 is 11.7 Å². The zero-order valence-corrected chi connectivity index (χ0v) is 14.2. The number of nitrogens with zero attached hydrogens (tertiary/aromatic N) is 4. The molecule has 0 aliphatic heterocycles.